The van der Waals surface area contributed by atoms with Gasteiger partial charge in [0.25, 0.3) is 0 Å². The molecule has 3 heterocycles. The van der Waals surface area contributed by atoms with Crippen LogP contribution in [0, 0.1) is 0 Å². The fourth-order valence-electron chi connectivity index (χ4n) is 7.53. The van der Waals surface area contributed by atoms with Crippen LogP contribution < -0.4 is 15.9 Å². The van der Waals surface area contributed by atoms with Gasteiger partial charge in [-0.3, -0.25) is 4.98 Å². The molecule has 0 radical (unpaired) electrons. The van der Waals surface area contributed by atoms with Crippen LogP contribution in [0.25, 0.3) is 76.8 Å². The van der Waals surface area contributed by atoms with Crippen molar-refractivity contribution in [2.24, 2.45) is 0 Å². The molecule has 0 amide bonds. The number of hydrogen-bond donors (Lipinski definition) is 0. The molecule has 0 unspecified atom stereocenters. The van der Waals surface area contributed by atoms with E-state index in [9.17, 15) is 0 Å². The number of pyridine rings is 3. The fraction of sp³-hybridized carbons (Fsp3) is 0. The standard InChI is InChI=1S/C47H30N3OP/c51-52(36-13-3-1-4-14-36,37-15-5-2-6-16-37)38-25-21-32(22-26-38)44-40-18-10-9-17-39(40)42-30-48-47-41(46(42)50-44)27-23-33-24-28-43(49-45(33)47)35-20-19-31-11-7-8-12-34(31)29-35/h1-30H. The smallest absolute Gasteiger partial charge is 0.171 e. The fourth-order valence-corrected chi connectivity index (χ4v) is 10.2. The highest BCUT2D eigenvalue weighted by atomic mass is 31.2. The van der Waals surface area contributed by atoms with E-state index in [4.69, 9.17) is 15.0 Å². The Morgan fingerprint density at radius 2 is 0.981 bits per heavy atom. The molecule has 0 fully saturated rings. The van der Waals surface area contributed by atoms with Gasteiger partial charge in [-0.15, -0.1) is 0 Å². The second kappa shape index (κ2) is 12.1. The van der Waals surface area contributed by atoms with E-state index >= 15 is 4.57 Å². The molecule has 4 nitrogen and oxygen atoms in total. The molecular weight excluding hydrogens is 654 g/mol. The van der Waals surface area contributed by atoms with Gasteiger partial charge in [-0.2, -0.15) is 0 Å². The van der Waals surface area contributed by atoms with Crippen molar-refractivity contribution in [2.45, 2.75) is 0 Å². The van der Waals surface area contributed by atoms with Crippen LogP contribution >= 0.6 is 7.14 Å². The summed E-state index contributed by atoms with van der Waals surface area (Å²) >= 11 is 0. The third-order valence-corrected chi connectivity index (χ3v) is 13.2. The summed E-state index contributed by atoms with van der Waals surface area (Å²) in [4.78, 5) is 15.6. The lowest BCUT2D eigenvalue weighted by Crippen LogP contribution is -2.24. The van der Waals surface area contributed by atoms with E-state index in [0.29, 0.717) is 0 Å². The minimum atomic E-state index is -3.11. The first kappa shape index (κ1) is 30.4. The molecule has 0 aliphatic rings. The summed E-state index contributed by atoms with van der Waals surface area (Å²) in [6.45, 7) is 0. The monoisotopic (exact) mass is 683 g/mol. The Hall–Kier alpha value is -6.48. The predicted molar refractivity (Wildman–Crippen MR) is 218 cm³/mol. The van der Waals surface area contributed by atoms with Crippen LogP contribution in [-0.4, -0.2) is 15.0 Å². The number of aromatic nitrogens is 3. The maximum absolute atomic E-state index is 15.1. The van der Waals surface area contributed by atoms with Gasteiger partial charge in [0.1, 0.15) is 0 Å². The summed E-state index contributed by atoms with van der Waals surface area (Å²) in [5.74, 6) is 0. The Bertz CT molecular complexity index is 2990. The molecule has 0 bridgehead atoms. The zero-order chi connectivity index (χ0) is 34.6. The Morgan fingerprint density at radius 3 is 1.73 bits per heavy atom. The van der Waals surface area contributed by atoms with E-state index in [0.717, 1.165) is 81.9 Å². The Kier molecular flexibility index (Phi) is 7.06. The van der Waals surface area contributed by atoms with Gasteiger partial charge in [-0.1, -0.05) is 158 Å². The first-order chi connectivity index (χ1) is 25.6. The van der Waals surface area contributed by atoms with Crippen molar-refractivity contribution in [3.8, 4) is 22.5 Å². The lowest BCUT2D eigenvalue weighted by Gasteiger charge is -2.20. The second-order valence-corrected chi connectivity index (χ2v) is 15.9. The molecule has 52 heavy (non-hydrogen) atoms. The van der Waals surface area contributed by atoms with E-state index < -0.39 is 7.14 Å². The lowest BCUT2D eigenvalue weighted by molar-refractivity contribution is 0.592. The van der Waals surface area contributed by atoms with Gasteiger partial charge in [0.05, 0.1) is 27.9 Å². The lowest BCUT2D eigenvalue weighted by atomic mass is 9.99. The van der Waals surface area contributed by atoms with Crippen LogP contribution in [0.15, 0.2) is 182 Å². The molecule has 244 valence electrons. The van der Waals surface area contributed by atoms with Crippen molar-refractivity contribution in [3.05, 3.63) is 182 Å². The summed E-state index contributed by atoms with van der Waals surface area (Å²) in [5.41, 5.74) is 6.35. The van der Waals surface area contributed by atoms with Crippen molar-refractivity contribution in [2.75, 3.05) is 0 Å². The number of rotatable bonds is 5. The highest BCUT2D eigenvalue weighted by Crippen LogP contribution is 2.43. The summed E-state index contributed by atoms with van der Waals surface area (Å²) < 4.78 is 15.1. The summed E-state index contributed by atoms with van der Waals surface area (Å²) in [6, 6.07) is 59.4. The molecule has 3 aromatic heterocycles. The average Bonchev–Trinajstić information content (AvgIpc) is 3.23. The molecule has 0 saturated carbocycles. The van der Waals surface area contributed by atoms with Gasteiger partial charge in [-0.05, 0) is 34.4 Å². The maximum atomic E-state index is 15.1. The number of benzene rings is 7. The van der Waals surface area contributed by atoms with Gasteiger partial charge >= 0.3 is 0 Å². The van der Waals surface area contributed by atoms with E-state index in [1.807, 2.05) is 85.1 Å². The number of hydrogen-bond acceptors (Lipinski definition) is 4. The third-order valence-electron chi connectivity index (χ3n) is 10.2. The number of nitrogens with zero attached hydrogens (tertiary/aromatic N) is 3. The highest BCUT2D eigenvalue weighted by molar-refractivity contribution is 7.85. The molecule has 0 aliphatic heterocycles. The van der Waals surface area contributed by atoms with Crippen LogP contribution in [0.3, 0.4) is 0 Å². The van der Waals surface area contributed by atoms with Crippen molar-refractivity contribution in [1.82, 2.24) is 15.0 Å². The molecule has 0 saturated heterocycles. The first-order valence-corrected chi connectivity index (χ1v) is 19.1. The quantitative estimate of drug-likeness (QED) is 0.134. The van der Waals surface area contributed by atoms with E-state index in [1.54, 1.807) is 0 Å². The molecular formula is C47H30N3OP. The Labute approximate surface area is 300 Å². The Morgan fingerprint density at radius 1 is 0.385 bits per heavy atom. The van der Waals surface area contributed by atoms with Gasteiger partial charge in [0, 0.05) is 54.8 Å². The van der Waals surface area contributed by atoms with Crippen molar-refractivity contribution in [1.29, 1.82) is 0 Å². The van der Waals surface area contributed by atoms with Crippen LogP contribution in [0.2, 0.25) is 0 Å². The third kappa shape index (κ3) is 4.84. The predicted octanol–water partition coefficient (Wildman–Crippen LogP) is 10.6. The number of fused-ring (bicyclic) bond motifs is 8. The molecule has 5 heteroatoms. The zero-order valence-corrected chi connectivity index (χ0v) is 28.9. The normalized spacial score (nSPS) is 11.9. The second-order valence-electron chi connectivity index (χ2n) is 13.1. The summed E-state index contributed by atoms with van der Waals surface area (Å²) in [5, 5.41) is 9.89. The zero-order valence-electron chi connectivity index (χ0n) is 28.0. The minimum absolute atomic E-state index is 0.785. The van der Waals surface area contributed by atoms with E-state index in [-0.39, 0.29) is 0 Å². The van der Waals surface area contributed by atoms with Crippen molar-refractivity contribution >= 4 is 77.3 Å². The molecule has 0 atom stereocenters. The Balaban J connectivity index is 1.15. The maximum Gasteiger partial charge on any atom is 0.171 e. The molecule has 10 aromatic rings. The van der Waals surface area contributed by atoms with Crippen molar-refractivity contribution < 1.29 is 4.57 Å². The first-order valence-electron chi connectivity index (χ1n) is 17.4. The van der Waals surface area contributed by atoms with Gasteiger partial charge in [0.2, 0.25) is 0 Å². The van der Waals surface area contributed by atoms with Gasteiger partial charge < -0.3 is 4.57 Å². The van der Waals surface area contributed by atoms with Gasteiger partial charge in [-0.25, -0.2) is 9.97 Å². The van der Waals surface area contributed by atoms with Crippen LogP contribution in [0.1, 0.15) is 0 Å². The van der Waals surface area contributed by atoms with Crippen molar-refractivity contribution in [3.63, 3.8) is 0 Å². The SMILES string of the molecule is O=P(c1ccccc1)(c1ccccc1)c1ccc(-c2nc3c(cnc4c3ccc3ccc(-c5ccc6ccccc6c5)nc34)c3ccccc23)cc1. The summed E-state index contributed by atoms with van der Waals surface area (Å²) in [7, 11) is -3.11. The summed E-state index contributed by atoms with van der Waals surface area (Å²) in [6.07, 6.45) is 1.94. The molecule has 7 aromatic carbocycles. The van der Waals surface area contributed by atoms with Crippen LogP contribution in [0.5, 0.6) is 0 Å². The largest absolute Gasteiger partial charge is 0.309 e. The molecule has 10 rings (SSSR count). The van der Waals surface area contributed by atoms with E-state index in [2.05, 4.69) is 97.1 Å². The topological polar surface area (TPSA) is 55.7 Å². The van der Waals surface area contributed by atoms with Crippen LogP contribution in [-0.2, 0) is 4.57 Å². The molecule has 0 N–H and O–H groups in total. The molecule has 0 spiro atoms. The minimum Gasteiger partial charge on any atom is -0.309 e. The van der Waals surface area contributed by atoms with Crippen LogP contribution in [0.4, 0.5) is 0 Å². The van der Waals surface area contributed by atoms with E-state index in [1.165, 1.54) is 10.8 Å². The average molecular weight is 684 g/mol. The highest BCUT2D eigenvalue weighted by Gasteiger charge is 2.29. The van der Waals surface area contributed by atoms with Gasteiger partial charge in [0.15, 0.2) is 7.14 Å². The molecule has 0 aliphatic carbocycles.